The summed E-state index contributed by atoms with van der Waals surface area (Å²) in [5.41, 5.74) is 1.66. The Hall–Kier alpha value is -1.93. The number of imide groups is 1. The van der Waals surface area contributed by atoms with Gasteiger partial charge in [-0.15, -0.1) is 10.2 Å². The zero-order chi connectivity index (χ0) is 19.2. The lowest BCUT2D eigenvalue weighted by atomic mass is 9.87. The molecule has 0 bridgehead atoms. The minimum absolute atomic E-state index is 0.0270. The molecule has 1 heterocycles. The van der Waals surface area contributed by atoms with E-state index in [4.69, 9.17) is 0 Å². The number of carbonyl (C=O) groups excluding carboxylic acids is 2. The van der Waals surface area contributed by atoms with Crippen LogP contribution in [-0.2, 0) is 10.2 Å². The van der Waals surface area contributed by atoms with Crippen LogP contribution in [0.4, 0.5) is 5.13 Å². The molecule has 1 aromatic heterocycles. The summed E-state index contributed by atoms with van der Waals surface area (Å²) >= 11 is 2.91. The summed E-state index contributed by atoms with van der Waals surface area (Å²) in [5.74, 6) is -0.118. The Morgan fingerprint density at radius 3 is 2.46 bits per heavy atom. The van der Waals surface area contributed by atoms with Crippen LogP contribution in [-0.4, -0.2) is 34.3 Å². The van der Waals surface area contributed by atoms with Crippen molar-refractivity contribution in [2.24, 2.45) is 0 Å². The van der Waals surface area contributed by atoms with Crippen LogP contribution in [0.25, 0.3) is 0 Å². The number of hydrogen-bond donors (Lipinski definition) is 2. The molecule has 2 aromatic rings. The molecular formula is C18H24N4O2S2. The fourth-order valence-electron chi connectivity index (χ4n) is 2.10. The third kappa shape index (κ3) is 6.10. The van der Waals surface area contributed by atoms with Gasteiger partial charge in [-0.25, -0.2) is 0 Å². The number of rotatable bonds is 7. The number of hydrogen-bond acceptors (Lipinski definition) is 7. The molecule has 0 spiro atoms. The van der Waals surface area contributed by atoms with Gasteiger partial charge in [0.1, 0.15) is 0 Å². The highest BCUT2D eigenvalue weighted by Crippen LogP contribution is 2.25. The van der Waals surface area contributed by atoms with Gasteiger partial charge in [-0.2, -0.15) is 0 Å². The average Bonchev–Trinajstić information content (AvgIpc) is 3.02. The second kappa shape index (κ2) is 9.14. The van der Waals surface area contributed by atoms with Gasteiger partial charge >= 0.3 is 0 Å². The lowest BCUT2D eigenvalue weighted by Crippen LogP contribution is -2.30. The monoisotopic (exact) mass is 392 g/mol. The van der Waals surface area contributed by atoms with Crippen molar-refractivity contribution in [3.63, 3.8) is 0 Å². The molecule has 0 unspecified atom stereocenters. The van der Waals surface area contributed by atoms with Crippen LogP contribution >= 0.6 is 23.1 Å². The van der Waals surface area contributed by atoms with Crippen molar-refractivity contribution in [2.45, 2.75) is 43.9 Å². The average molecular weight is 393 g/mol. The molecule has 0 atom stereocenters. The first-order chi connectivity index (χ1) is 12.3. The van der Waals surface area contributed by atoms with Gasteiger partial charge in [-0.3, -0.25) is 14.9 Å². The van der Waals surface area contributed by atoms with Crippen LogP contribution in [0, 0.1) is 0 Å². The molecule has 0 aliphatic rings. The summed E-state index contributed by atoms with van der Waals surface area (Å²) in [6.07, 6.45) is 0.243. The fourth-order valence-corrected chi connectivity index (χ4v) is 3.93. The third-order valence-electron chi connectivity index (χ3n) is 3.56. The van der Waals surface area contributed by atoms with E-state index < -0.39 is 0 Å². The van der Waals surface area contributed by atoms with Gasteiger partial charge in [0.05, 0.1) is 0 Å². The van der Waals surface area contributed by atoms with E-state index in [0.29, 0.717) is 11.3 Å². The van der Waals surface area contributed by atoms with Gasteiger partial charge in [-0.1, -0.05) is 56.0 Å². The van der Waals surface area contributed by atoms with Crippen LogP contribution in [0.3, 0.4) is 0 Å². The van der Waals surface area contributed by atoms with E-state index in [0.717, 1.165) is 21.6 Å². The Labute approximate surface area is 162 Å². The Balaban J connectivity index is 1.78. The molecule has 8 heteroatoms. The van der Waals surface area contributed by atoms with Gasteiger partial charge in [0.25, 0.3) is 5.91 Å². The Morgan fingerprint density at radius 1 is 1.15 bits per heavy atom. The summed E-state index contributed by atoms with van der Waals surface area (Å²) < 4.78 is 0.804. The van der Waals surface area contributed by atoms with E-state index in [-0.39, 0.29) is 23.7 Å². The minimum atomic E-state index is -0.370. The highest BCUT2D eigenvalue weighted by atomic mass is 32.2. The molecule has 26 heavy (non-hydrogen) atoms. The number of carbonyl (C=O) groups is 2. The molecule has 6 nitrogen and oxygen atoms in total. The largest absolute Gasteiger partial charge is 0.360 e. The molecule has 0 saturated heterocycles. The van der Waals surface area contributed by atoms with Crippen molar-refractivity contribution in [3.05, 3.63) is 35.4 Å². The van der Waals surface area contributed by atoms with E-state index in [1.165, 1.54) is 23.1 Å². The molecule has 2 N–H and O–H groups in total. The minimum Gasteiger partial charge on any atom is -0.360 e. The summed E-state index contributed by atoms with van der Waals surface area (Å²) in [4.78, 5) is 24.1. The van der Waals surface area contributed by atoms with Gasteiger partial charge in [0.2, 0.25) is 11.0 Å². The number of anilines is 1. The molecule has 0 radical (unpaired) electrons. The first-order valence-corrected chi connectivity index (χ1v) is 10.2. The quantitative estimate of drug-likeness (QED) is 0.699. The van der Waals surface area contributed by atoms with E-state index in [1.54, 1.807) is 12.1 Å². The molecule has 0 saturated carbocycles. The highest BCUT2D eigenvalue weighted by molar-refractivity contribution is 8.01. The second-order valence-corrected chi connectivity index (χ2v) is 9.03. The number of aromatic nitrogens is 2. The highest BCUT2D eigenvalue weighted by Gasteiger charge is 2.15. The smallest absolute Gasteiger partial charge is 0.257 e. The molecule has 2 rings (SSSR count). The number of amides is 2. The predicted octanol–water partition coefficient (Wildman–Crippen LogP) is 3.71. The molecule has 0 aliphatic heterocycles. The zero-order valence-electron chi connectivity index (χ0n) is 15.5. The summed E-state index contributed by atoms with van der Waals surface area (Å²) in [5, 5.41) is 14.3. The maximum Gasteiger partial charge on any atom is 0.257 e. The first kappa shape index (κ1) is 20.4. The molecule has 1 aromatic carbocycles. The van der Waals surface area contributed by atoms with Crippen LogP contribution in [0.1, 0.15) is 50.0 Å². The molecule has 0 fully saturated rings. The van der Waals surface area contributed by atoms with Crippen molar-refractivity contribution in [3.8, 4) is 0 Å². The number of thioether (sulfide) groups is 1. The number of nitrogens with one attached hydrogen (secondary N) is 2. The molecule has 2 amide bonds. The summed E-state index contributed by atoms with van der Waals surface area (Å²) in [7, 11) is 0. The van der Waals surface area contributed by atoms with Gasteiger partial charge in [0, 0.05) is 24.3 Å². The Morgan fingerprint density at radius 2 is 1.85 bits per heavy atom. The molecule has 0 aliphatic carbocycles. The van der Waals surface area contributed by atoms with Crippen molar-refractivity contribution < 1.29 is 9.59 Å². The predicted molar refractivity (Wildman–Crippen MR) is 107 cm³/mol. The van der Waals surface area contributed by atoms with Gasteiger partial charge < -0.3 is 5.32 Å². The van der Waals surface area contributed by atoms with Crippen LogP contribution < -0.4 is 10.6 Å². The van der Waals surface area contributed by atoms with Crippen molar-refractivity contribution in [2.75, 3.05) is 17.6 Å². The lowest BCUT2D eigenvalue weighted by molar-refractivity contribution is -0.119. The van der Waals surface area contributed by atoms with Crippen molar-refractivity contribution >= 4 is 40.0 Å². The SMILES string of the molecule is CCNc1nnc(SCCC(=O)NC(=O)c2ccc(C(C)(C)C)cc2)s1. The maximum atomic E-state index is 12.2. The van der Waals surface area contributed by atoms with E-state index in [2.05, 4.69) is 41.6 Å². The van der Waals surface area contributed by atoms with E-state index >= 15 is 0 Å². The van der Waals surface area contributed by atoms with E-state index in [9.17, 15) is 9.59 Å². The Kier molecular flexibility index (Phi) is 7.16. The van der Waals surface area contributed by atoms with Gasteiger partial charge in [0.15, 0.2) is 4.34 Å². The Bertz CT molecular complexity index is 751. The first-order valence-electron chi connectivity index (χ1n) is 8.44. The normalized spacial score (nSPS) is 11.2. The maximum absolute atomic E-state index is 12.2. The topological polar surface area (TPSA) is 84.0 Å². The van der Waals surface area contributed by atoms with Crippen molar-refractivity contribution in [1.29, 1.82) is 0 Å². The third-order valence-corrected chi connectivity index (χ3v) is 5.57. The zero-order valence-corrected chi connectivity index (χ0v) is 17.1. The van der Waals surface area contributed by atoms with Crippen LogP contribution in [0.5, 0.6) is 0 Å². The summed E-state index contributed by atoms with van der Waals surface area (Å²) in [6, 6.07) is 7.35. The van der Waals surface area contributed by atoms with E-state index in [1.807, 2.05) is 19.1 Å². The molecule has 140 valence electrons. The van der Waals surface area contributed by atoms with Gasteiger partial charge in [-0.05, 0) is 30.0 Å². The number of benzene rings is 1. The fraction of sp³-hybridized carbons (Fsp3) is 0.444. The lowest BCUT2D eigenvalue weighted by Gasteiger charge is -2.18. The standard InChI is InChI=1S/C18H24N4O2S2/c1-5-19-16-21-22-17(26-16)25-11-10-14(23)20-15(24)12-6-8-13(9-7-12)18(2,3)4/h6-9H,5,10-11H2,1-4H3,(H,19,21)(H,20,23,24). The van der Waals surface area contributed by atoms with Crippen LogP contribution in [0.15, 0.2) is 28.6 Å². The second-order valence-electron chi connectivity index (χ2n) is 6.71. The summed E-state index contributed by atoms with van der Waals surface area (Å²) in [6.45, 7) is 9.13. The number of nitrogens with zero attached hydrogens (tertiary/aromatic N) is 2. The van der Waals surface area contributed by atoms with Crippen molar-refractivity contribution in [1.82, 2.24) is 15.5 Å². The molecular weight excluding hydrogens is 368 g/mol. The van der Waals surface area contributed by atoms with Crippen LogP contribution in [0.2, 0.25) is 0 Å².